The summed E-state index contributed by atoms with van der Waals surface area (Å²) < 4.78 is 20.0. The molecule has 1 aliphatic heterocycles. The van der Waals surface area contributed by atoms with E-state index < -0.39 is 23.5 Å². The standard InChI is InChI=1S/C27H20ClFN2O4S/c1-2-12-35-19-5-3-4-16(13-19)24(32)22-23(15-6-8-17(28)9-7-15)31(26(34)25(22)33)27-30-20-11-10-18(29)14-21(20)36-27/h3-11,13-14,23,32H,2,12H2,1H3/b24-22+. The second-order valence-electron chi connectivity index (χ2n) is 8.21. The average molecular weight is 523 g/mol. The van der Waals surface area contributed by atoms with Crippen molar-refractivity contribution in [1.82, 2.24) is 4.98 Å². The zero-order valence-corrected chi connectivity index (χ0v) is 20.6. The first kappa shape index (κ1) is 24.0. The molecule has 182 valence electrons. The molecule has 1 amide bonds. The predicted octanol–water partition coefficient (Wildman–Crippen LogP) is 6.50. The van der Waals surface area contributed by atoms with Gasteiger partial charge in [-0.15, -0.1) is 0 Å². The minimum Gasteiger partial charge on any atom is -0.507 e. The Morgan fingerprint density at radius 2 is 1.92 bits per heavy atom. The summed E-state index contributed by atoms with van der Waals surface area (Å²) in [5.74, 6) is -1.91. The van der Waals surface area contributed by atoms with Gasteiger partial charge in [0, 0.05) is 10.6 Å². The monoisotopic (exact) mass is 522 g/mol. The molecule has 4 aromatic rings. The van der Waals surface area contributed by atoms with Gasteiger partial charge < -0.3 is 9.84 Å². The molecule has 0 saturated carbocycles. The van der Waals surface area contributed by atoms with Gasteiger partial charge in [0.05, 0.1) is 28.4 Å². The molecule has 1 aromatic heterocycles. The van der Waals surface area contributed by atoms with E-state index in [0.29, 0.717) is 38.7 Å². The molecule has 3 aromatic carbocycles. The summed E-state index contributed by atoms with van der Waals surface area (Å²) in [5, 5.41) is 12.0. The van der Waals surface area contributed by atoms with Crippen molar-refractivity contribution in [3.05, 3.63) is 94.3 Å². The fourth-order valence-corrected chi connectivity index (χ4v) is 5.23. The highest BCUT2D eigenvalue weighted by atomic mass is 35.5. The summed E-state index contributed by atoms with van der Waals surface area (Å²) in [6.07, 6.45) is 0.809. The number of carbonyl (C=O) groups is 2. The van der Waals surface area contributed by atoms with Crippen molar-refractivity contribution in [2.75, 3.05) is 11.5 Å². The molecule has 1 aliphatic rings. The molecule has 0 radical (unpaired) electrons. The topological polar surface area (TPSA) is 79.7 Å². The maximum atomic E-state index is 13.8. The number of nitrogens with zero attached hydrogens (tertiary/aromatic N) is 2. The molecule has 0 spiro atoms. The van der Waals surface area contributed by atoms with Gasteiger partial charge in [0.1, 0.15) is 17.3 Å². The normalized spacial score (nSPS) is 17.2. The molecule has 1 atom stereocenters. The van der Waals surface area contributed by atoms with Crippen molar-refractivity contribution in [3.63, 3.8) is 0 Å². The maximum absolute atomic E-state index is 13.8. The van der Waals surface area contributed by atoms with Crippen molar-refractivity contribution in [3.8, 4) is 5.75 Å². The fourth-order valence-electron chi connectivity index (χ4n) is 4.09. The van der Waals surface area contributed by atoms with E-state index in [4.69, 9.17) is 16.3 Å². The van der Waals surface area contributed by atoms with Crippen LogP contribution in [0.5, 0.6) is 5.75 Å². The van der Waals surface area contributed by atoms with E-state index in [2.05, 4.69) is 4.98 Å². The molecule has 0 bridgehead atoms. The number of halogens is 2. The van der Waals surface area contributed by atoms with Gasteiger partial charge >= 0.3 is 5.91 Å². The molecule has 1 fully saturated rings. The smallest absolute Gasteiger partial charge is 0.301 e. The summed E-state index contributed by atoms with van der Waals surface area (Å²) in [7, 11) is 0. The number of ketones is 1. The van der Waals surface area contributed by atoms with E-state index >= 15 is 0 Å². The molecule has 1 saturated heterocycles. The van der Waals surface area contributed by atoms with Gasteiger partial charge in [-0.05, 0) is 54.4 Å². The number of carbonyl (C=O) groups excluding carboxylic acids is 2. The molecule has 0 aliphatic carbocycles. The first-order valence-corrected chi connectivity index (χ1v) is 12.4. The van der Waals surface area contributed by atoms with Gasteiger partial charge in [-0.1, -0.05) is 54.1 Å². The number of ether oxygens (including phenoxy) is 1. The predicted molar refractivity (Wildman–Crippen MR) is 138 cm³/mol. The Balaban J connectivity index is 1.68. The molecule has 6 nitrogen and oxygen atoms in total. The number of hydrogen-bond donors (Lipinski definition) is 1. The van der Waals surface area contributed by atoms with Gasteiger partial charge in [0.2, 0.25) is 0 Å². The molecule has 5 rings (SSSR count). The zero-order chi connectivity index (χ0) is 25.4. The average Bonchev–Trinajstić information content (AvgIpc) is 3.40. The van der Waals surface area contributed by atoms with Crippen molar-refractivity contribution >= 4 is 55.7 Å². The maximum Gasteiger partial charge on any atom is 0.301 e. The number of amides is 1. The van der Waals surface area contributed by atoms with Crippen LogP contribution in [-0.4, -0.2) is 28.4 Å². The zero-order valence-electron chi connectivity index (χ0n) is 19.1. The molecular formula is C27H20ClFN2O4S. The van der Waals surface area contributed by atoms with Crippen LogP contribution in [0.3, 0.4) is 0 Å². The van der Waals surface area contributed by atoms with Gasteiger partial charge in [0.15, 0.2) is 5.13 Å². The highest BCUT2D eigenvalue weighted by Crippen LogP contribution is 2.44. The van der Waals surface area contributed by atoms with Crippen LogP contribution in [0.25, 0.3) is 16.0 Å². The summed E-state index contributed by atoms with van der Waals surface area (Å²) in [4.78, 5) is 32.4. The highest BCUT2D eigenvalue weighted by Gasteiger charge is 2.48. The largest absolute Gasteiger partial charge is 0.507 e. The van der Waals surface area contributed by atoms with Crippen molar-refractivity contribution < 1.29 is 23.8 Å². The third-order valence-electron chi connectivity index (χ3n) is 5.76. The lowest BCUT2D eigenvalue weighted by Crippen LogP contribution is -2.29. The number of anilines is 1. The summed E-state index contributed by atoms with van der Waals surface area (Å²) in [6, 6.07) is 16.5. The summed E-state index contributed by atoms with van der Waals surface area (Å²) in [6.45, 7) is 2.48. The molecule has 1 unspecified atom stereocenters. The number of Topliss-reactive ketones (excluding diaryl/α,β-unsaturated/α-hetero) is 1. The third kappa shape index (κ3) is 4.34. The molecular weight excluding hydrogens is 503 g/mol. The van der Waals surface area contributed by atoms with Crippen LogP contribution in [0.2, 0.25) is 5.02 Å². The van der Waals surface area contributed by atoms with Crippen LogP contribution >= 0.6 is 22.9 Å². The van der Waals surface area contributed by atoms with E-state index in [1.807, 2.05) is 6.92 Å². The first-order chi connectivity index (χ1) is 17.4. The van der Waals surface area contributed by atoms with E-state index in [0.717, 1.165) is 17.8 Å². The van der Waals surface area contributed by atoms with Crippen LogP contribution in [-0.2, 0) is 9.59 Å². The summed E-state index contributed by atoms with van der Waals surface area (Å²) >= 11 is 7.17. The van der Waals surface area contributed by atoms with Crippen molar-refractivity contribution in [1.29, 1.82) is 0 Å². The lowest BCUT2D eigenvalue weighted by atomic mass is 9.95. The van der Waals surface area contributed by atoms with Crippen molar-refractivity contribution in [2.45, 2.75) is 19.4 Å². The first-order valence-electron chi connectivity index (χ1n) is 11.2. The van der Waals surface area contributed by atoms with Gasteiger partial charge in [-0.25, -0.2) is 9.37 Å². The minimum atomic E-state index is -0.965. The van der Waals surface area contributed by atoms with E-state index in [-0.39, 0.29) is 16.5 Å². The number of benzene rings is 3. The Morgan fingerprint density at radius 3 is 2.67 bits per heavy atom. The quantitative estimate of drug-likeness (QED) is 0.177. The Kier molecular flexibility index (Phi) is 6.47. The van der Waals surface area contributed by atoms with Crippen LogP contribution in [0, 0.1) is 5.82 Å². The number of aliphatic hydroxyl groups is 1. The highest BCUT2D eigenvalue weighted by molar-refractivity contribution is 7.22. The van der Waals surface area contributed by atoms with E-state index in [1.165, 1.54) is 23.1 Å². The SMILES string of the molecule is CCCOc1cccc(/C(O)=C2\C(=O)C(=O)N(c3nc4ccc(F)cc4s3)C2c2ccc(Cl)cc2)c1. The van der Waals surface area contributed by atoms with Gasteiger partial charge in [-0.2, -0.15) is 0 Å². The third-order valence-corrected chi connectivity index (χ3v) is 7.03. The lowest BCUT2D eigenvalue weighted by molar-refractivity contribution is -0.132. The summed E-state index contributed by atoms with van der Waals surface area (Å²) in [5.41, 5.74) is 1.31. The molecule has 36 heavy (non-hydrogen) atoms. The van der Waals surface area contributed by atoms with Crippen LogP contribution in [0.15, 0.2) is 72.3 Å². The minimum absolute atomic E-state index is 0.0830. The van der Waals surface area contributed by atoms with E-state index in [9.17, 15) is 19.1 Å². The fraction of sp³-hybridized carbons (Fsp3) is 0.148. The van der Waals surface area contributed by atoms with Gasteiger partial charge in [-0.3, -0.25) is 14.5 Å². The number of fused-ring (bicyclic) bond motifs is 1. The molecule has 1 N–H and O–H groups in total. The van der Waals surface area contributed by atoms with Gasteiger partial charge in [0.25, 0.3) is 5.78 Å². The van der Waals surface area contributed by atoms with Crippen LogP contribution in [0.4, 0.5) is 9.52 Å². The lowest BCUT2D eigenvalue weighted by Gasteiger charge is -2.23. The second-order valence-corrected chi connectivity index (χ2v) is 9.65. The number of aliphatic hydroxyl groups excluding tert-OH is 1. The van der Waals surface area contributed by atoms with Crippen molar-refractivity contribution in [2.24, 2.45) is 0 Å². The number of rotatable bonds is 6. The Labute approximate surface area is 215 Å². The number of thiazole rings is 1. The van der Waals surface area contributed by atoms with Crippen LogP contribution < -0.4 is 9.64 Å². The Hall–Kier alpha value is -3.75. The second kappa shape index (κ2) is 9.72. The Bertz CT molecular complexity index is 1520. The number of hydrogen-bond acceptors (Lipinski definition) is 6. The number of aromatic nitrogens is 1. The van der Waals surface area contributed by atoms with Crippen LogP contribution in [0.1, 0.15) is 30.5 Å². The Morgan fingerprint density at radius 1 is 1.14 bits per heavy atom. The molecule has 2 heterocycles. The molecule has 9 heteroatoms. The van der Waals surface area contributed by atoms with E-state index in [1.54, 1.807) is 48.5 Å².